The zero-order valence-corrected chi connectivity index (χ0v) is 31.3. The summed E-state index contributed by atoms with van der Waals surface area (Å²) in [6.45, 7) is 4.65. The molecule has 0 aliphatic carbocycles. The van der Waals surface area contributed by atoms with E-state index in [1.807, 2.05) is 85.9 Å². The lowest BCUT2D eigenvalue weighted by atomic mass is 10.0. The summed E-state index contributed by atoms with van der Waals surface area (Å²) < 4.78 is 50.6. The molecule has 1 heterocycles. The predicted molar refractivity (Wildman–Crippen MR) is 207 cm³/mol. The highest BCUT2D eigenvalue weighted by atomic mass is 19.4. The van der Waals surface area contributed by atoms with Gasteiger partial charge in [-0.25, -0.2) is 0 Å². The maximum atomic E-state index is 14.5. The van der Waals surface area contributed by atoms with Crippen molar-refractivity contribution in [3.8, 4) is 5.75 Å². The van der Waals surface area contributed by atoms with Crippen LogP contribution >= 0.6 is 0 Å². The Hall–Kier alpha value is -5.17. The van der Waals surface area contributed by atoms with Crippen LogP contribution in [-0.4, -0.2) is 104 Å². The number of hydrogen-bond acceptors (Lipinski definition) is 7. The van der Waals surface area contributed by atoms with Crippen molar-refractivity contribution in [1.29, 1.82) is 0 Å². The van der Waals surface area contributed by atoms with Gasteiger partial charge in [0, 0.05) is 64.5 Å². The van der Waals surface area contributed by atoms with E-state index in [1.165, 1.54) is 24.3 Å². The summed E-state index contributed by atoms with van der Waals surface area (Å²) in [4.78, 5) is 36.2. The second kappa shape index (κ2) is 19.9. The Morgan fingerprint density at radius 3 is 2.22 bits per heavy atom. The molecule has 0 aromatic heterocycles. The quantitative estimate of drug-likeness (QED) is 0.129. The fraction of sp³-hybridized carbons (Fsp3) is 0.349. The average Bonchev–Trinajstić information content (AvgIpc) is 3.20. The minimum absolute atomic E-state index is 0.0740. The molecule has 0 unspecified atom stereocenters. The van der Waals surface area contributed by atoms with Gasteiger partial charge in [0.05, 0.1) is 25.4 Å². The first-order valence-corrected chi connectivity index (χ1v) is 18.4. The Kier molecular flexibility index (Phi) is 14.9. The fourth-order valence-corrected chi connectivity index (χ4v) is 6.36. The van der Waals surface area contributed by atoms with E-state index in [4.69, 9.17) is 14.6 Å². The van der Waals surface area contributed by atoms with Gasteiger partial charge in [0.2, 0.25) is 11.8 Å². The first-order valence-electron chi connectivity index (χ1n) is 18.4. The average molecular weight is 759 g/mol. The van der Waals surface area contributed by atoms with Crippen molar-refractivity contribution in [2.75, 3.05) is 71.6 Å². The number of ether oxygens (including phenoxy) is 2. The molecule has 1 N–H and O–H groups in total. The molecule has 4 aromatic carbocycles. The standard InChI is InChI=1S/C43H49F3N4O5/c1-47(31-36-9-6-10-39(29-36)55-28-25-51)21-22-48(2)42(53)40(30-34-7-4-3-5-8-34)50(32-35-13-18-38(19-14-35)49-23-26-54-27-24-49)41(52)20-15-33-11-16-37(17-12-33)43(44,45)46/h3-20,29,40,51H,21-28,30-32H2,1-2H3/b20-15+/t40-/m0/s1. The molecule has 5 rings (SSSR count). The van der Waals surface area contributed by atoms with Crippen molar-refractivity contribution in [2.45, 2.75) is 31.7 Å². The molecular formula is C43H49F3N4O5. The van der Waals surface area contributed by atoms with Crippen LogP contribution in [-0.2, 0) is 40.0 Å². The summed E-state index contributed by atoms with van der Waals surface area (Å²) >= 11 is 0. The first-order chi connectivity index (χ1) is 26.5. The molecule has 4 aromatic rings. The zero-order valence-electron chi connectivity index (χ0n) is 31.3. The Morgan fingerprint density at radius 1 is 0.855 bits per heavy atom. The van der Waals surface area contributed by atoms with Gasteiger partial charge < -0.3 is 34.2 Å². The van der Waals surface area contributed by atoms with Crippen molar-refractivity contribution < 1.29 is 37.3 Å². The highest BCUT2D eigenvalue weighted by Crippen LogP contribution is 2.29. The Morgan fingerprint density at radius 2 is 1.55 bits per heavy atom. The van der Waals surface area contributed by atoms with Crippen LogP contribution in [0.25, 0.3) is 6.08 Å². The van der Waals surface area contributed by atoms with Crippen molar-refractivity contribution >= 4 is 23.6 Å². The molecule has 12 heteroatoms. The number of aliphatic hydroxyl groups excluding tert-OH is 1. The summed E-state index contributed by atoms with van der Waals surface area (Å²) in [5.41, 5.74) is 3.41. The maximum absolute atomic E-state index is 14.5. The van der Waals surface area contributed by atoms with E-state index in [9.17, 15) is 22.8 Å². The Bertz CT molecular complexity index is 1830. The van der Waals surface area contributed by atoms with Gasteiger partial charge in [0.25, 0.3) is 0 Å². The molecule has 1 fully saturated rings. The fourth-order valence-electron chi connectivity index (χ4n) is 6.36. The normalized spacial score (nSPS) is 13.9. The molecule has 0 bridgehead atoms. The van der Waals surface area contributed by atoms with Crippen molar-refractivity contribution in [1.82, 2.24) is 14.7 Å². The third kappa shape index (κ3) is 12.4. The second-order valence-corrected chi connectivity index (χ2v) is 13.6. The summed E-state index contributed by atoms with van der Waals surface area (Å²) in [6, 6.07) is 28.8. The largest absolute Gasteiger partial charge is 0.491 e. The highest BCUT2D eigenvalue weighted by Gasteiger charge is 2.32. The lowest BCUT2D eigenvalue weighted by molar-refractivity contribution is -0.143. The van der Waals surface area contributed by atoms with Crippen LogP contribution in [0.15, 0.2) is 109 Å². The molecule has 292 valence electrons. The number of morpholine rings is 1. The van der Waals surface area contributed by atoms with Crippen molar-refractivity contribution in [3.05, 3.63) is 137 Å². The molecule has 1 saturated heterocycles. The lowest BCUT2D eigenvalue weighted by Gasteiger charge is -2.34. The van der Waals surface area contributed by atoms with Gasteiger partial charge in [-0.2, -0.15) is 13.2 Å². The zero-order chi connectivity index (χ0) is 39.2. The van der Waals surface area contributed by atoms with Crippen LogP contribution in [0.3, 0.4) is 0 Å². The van der Waals surface area contributed by atoms with Crippen LogP contribution in [0, 0.1) is 0 Å². The minimum atomic E-state index is -4.47. The molecule has 2 amide bonds. The van der Waals surface area contributed by atoms with Gasteiger partial charge >= 0.3 is 6.18 Å². The molecule has 0 spiro atoms. The molecule has 1 atom stereocenters. The Balaban J connectivity index is 1.38. The van der Waals surface area contributed by atoms with Crippen LogP contribution in [0.5, 0.6) is 5.75 Å². The SMILES string of the molecule is CN(CCN(C)C(=O)[C@H](Cc1ccccc1)N(Cc1ccc(N2CCOCC2)cc1)C(=O)/C=C/c1ccc(C(F)(F)F)cc1)Cc1cccc(OCCO)c1. The molecule has 1 aliphatic rings. The van der Waals surface area contributed by atoms with Crippen LogP contribution in [0.2, 0.25) is 0 Å². The van der Waals surface area contributed by atoms with E-state index < -0.39 is 23.7 Å². The van der Waals surface area contributed by atoms with E-state index in [0.717, 1.165) is 47.6 Å². The van der Waals surface area contributed by atoms with Crippen LogP contribution in [0.4, 0.5) is 18.9 Å². The number of anilines is 1. The van der Waals surface area contributed by atoms with Crippen molar-refractivity contribution in [3.63, 3.8) is 0 Å². The van der Waals surface area contributed by atoms with E-state index in [2.05, 4.69) is 9.80 Å². The molecule has 9 nitrogen and oxygen atoms in total. The number of carbonyl (C=O) groups is 2. The van der Waals surface area contributed by atoms with Gasteiger partial charge in [-0.3, -0.25) is 9.59 Å². The summed E-state index contributed by atoms with van der Waals surface area (Å²) in [5.74, 6) is -0.0120. The monoisotopic (exact) mass is 758 g/mol. The van der Waals surface area contributed by atoms with E-state index in [1.54, 1.807) is 16.8 Å². The van der Waals surface area contributed by atoms with Gasteiger partial charge in [-0.15, -0.1) is 0 Å². The number of alkyl halides is 3. The number of halogens is 3. The number of nitrogens with zero attached hydrogens (tertiary/aromatic N) is 4. The predicted octanol–water partition coefficient (Wildman–Crippen LogP) is 6.16. The minimum Gasteiger partial charge on any atom is -0.491 e. The number of rotatable bonds is 17. The second-order valence-electron chi connectivity index (χ2n) is 13.6. The number of likely N-dealkylation sites (N-methyl/N-ethyl adjacent to an activating group) is 2. The molecule has 0 radical (unpaired) electrons. The molecule has 55 heavy (non-hydrogen) atoms. The van der Waals surface area contributed by atoms with Crippen molar-refractivity contribution in [2.24, 2.45) is 0 Å². The van der Waals surface area contributed by atoms with Crippen LogP contribution < -0.4 is 9.64 Å². The third-order valence-electron chi connectivity index (χ3n) is 9.44. The third-order valence-corrected chi connectivity index (χ3v) is 9.44. The van der Waals surface area contributed by atoms with E-state index in [-0.39, 0.29) is 32.1 Å². The number of hydrogen-bond donors (Lipinski definition) is 1. The van der Waals surface area contributed by atoms with Gasteiger partial charge in [-0.1, -0.05) is 66.7 Å². The van der Waals surface area contributed by atoms with Gasteiger partial charge in [0.1, 0.15) is 18.4 Å². The van der Waals surface area contributed by atoms with Gasteiger partial charge in [0.15, 0.2) is 0 Å². The number of amides is 2. The molecule has 1 aliphatic heterocycles. The number of carbonyl (C=O) groups excluding carboxylic acids is 2. The lowest BCUT2D eigenvalue weighted by Crippen LogP contribution is -2.51. The topological polar surface area (TPSA) is 85.8 Å². The smallest absolute Gasteiger partial charge is 0.416 e. The molecule has 0 saturated carbocycles. The van der Waals surface area contributed by atoms with E-state index in [0.29, 0.717) is 44.2 Å². The number of benzene rings is 4. The summed E-state index contributed by atoms with van der Waals surface area (Å²) in [5, 5.41) is 9.10. The van der Waals surface area contributed by atoms with E-state index >= 15 is 0 Å². The Labute approximate surface area is 321 Å². The number of aliphatic hydroxyl groups is 1. The summed E-state index contributed by atoms with van der Waals surface area (Å²) in [6.07, 6.45) is -1.42. The highest BCUT2D eigenvalue weighted by molar-refractivity contribution is 5.95. The molecular weight excluding hydrogens is 709 g/mol. The summed E-state index contributed by atoms with van der Waals surface area (Å²) in [7, 11) is 3.69. The van der Waals surface area contributed by atoms with Gasteiger partial charge in [-0.05, 0) is 71.8 Å². The maximum Gasteiger partial charge on any atom is 0.416 e. The first kappa shape index (κ1) is 41.0. The van der Waals surface area contributed by atoms with Crippen LogP contribution in [0.1, 0.15) is 27.8 Å².